The number of oxazole rings is 1. The van der Waals surface area contributed by atoms with Crippen molar-refractivity contribution in [1.82, 2.24) is 24.1 Å². The van der Waals surface area contributed by atoms with Crippen molar-refractivity contribution < 1.29 is 4.42 Å². The zero-order chi connectivity index (χ0) is 38.9. The Bertz CT molecular complexity index is 3480. The third-order valence-corrected chi connectivity index (χ3v) is 11.4. The standard InChI is InChI=1S/C53H33N5O/c1-5-16-34(17-6-1)38-28-30-46-41(32-38)39-24-13-14-26-45(39)57(46)48-27-15-25-40-49-47(31-29-42-51(49)59-52(54-42)37-22-11-4-12-23-37)58(50(40)48)53-55-43(35-18-7-2-8-19-35)33-44(56-53)36-20-9-3-10-21-36/h1-33H. The fourth-order valence-electron chi connectivity index (χ4n) is 8.70. The molecule has 0 atom stereocenters. The van der Waals surface area contributed by atoms with Crippen LogP contribution in [0.3, 0.4) is 0 Å². The van der Waals surface area contributed by atoms with Crippen LogP contribution in [0.5, 0.6) is 0 Å². The first-order chi connectivity index (χ1) is 29.3. The molecule has 0 aliphatic heterocycles. The maximum absolute atomic E-state index is 6.76. The van der Waals surface area contributed by atoms with E-state index in [9.17, 15) is 0 Å². The first-order valence-corrected chi connectivity index (χ1v) is 19.8. The molecular weight excluding hydrogens is 723 g/mol. The molecule has 0 N–H and O–H groups in total. The summed E-state index contributed by atoms with van der Waals surface area (Å²) in [5.74, 6) is 1.14. The van der Waals surface area contributed by atoms with Gasteiger partial charge in [0.15, 0.2) is 5.58 Å². The van der Waals surface area contributed by atoms with Crippen molar-refractivity contribution in [2.75, 3.05) is 0 Å². The molecule has 0 spiro atoms. The highest BCUT2D eigenvalue weighted by Crippen LogP contribution is 2.43. The topological polar surface area (TPSA) is 61.7 Å². The fourth-order valence-corrected chi connectivity index (χ4v) is 8.70. The largest absolute Gasteiger partial charge is 0.435 e. The van der Waals surface area contributed by atoms with E-state index in [2.05, 4.69) is 137 Å². The summed E-state index contributed by atoms with van der Waals surface area (Å²) in [6, 6.07) is 69.6. The van der Waals surface area contributed by atoms with Crippen molar-refractivity contribution in [2.24, 2.45) is 0 Å². The normalized spacial score (nSPS) is 11.7. The van der Waals surface area contributed by atoms with Crippen LogP contribution in [0.25, 0.3) is 111 Å². The lowest BCUT2D eigenvalue weighted by atomic mass is 10.0. The molecule has 0 radical (unpaired) electrons. The van der Waals surface area contributed by atoms with Crippen molar-refractivity contribution in [3.8, 4) is 56.7 Å². The van der Waals surface area contributed by atoms with Crippen LogP contribution in [-0.4, -0.2) is 24.1 Å². The van der Waals surface area contributed by atoms with Gasteiger partial charge in [-0.05, 0) is 65.7 Å². The van der Waals surface area contributed by atoms with Crippen LogP contribution in [0.4, 0.5) is 0 Å². The van der Waals surface area contributed by atoms with Crippen LogP contribution >= 0.6 is 0 Å². The Labute approximate surface area is 338 Å². The molecule has 0 fully saturated rings. The highest BCUT2D eigenvalue weighted by molar-refractivity contribution is 6.21. The smallest absolute Gasteiger partial charge is 0.235 e. The molecule has 0 amide bonds. The third-order valence-electron chi connectivity index (χ3n) is 11.4. The highest BCUT2D eigenvalue weighted by Gasteiger charge is 2.25. The molecule has 6 nitrogen and oxygen atoms in total. The van der Waals surface area contributed by atoms with Gasteiger partial charge in [0, 0.05) is 32.8 Å². The number of rotatable bonds is 6. The summed E-state index contributed by atoms with van der Waals surface area (Å²) in [7, 11) is 0. The number of para-hydroxylation sites is 2. The average molecular weight is 756 g/mol. The molecule has 8 aromatic carbocycles. The lowest BCUT2D eigenvalue weighted by molar-refractivity contribution is 0.623. The van der Waals surface area contributed by atoms with Crippen LogP contribution in [0.2, 0.25) is 0 Å². The van der Waals surface area contributed by atoms with E-state index >= 15 is 0 Å². The quantitative estimate of drug-likeness (QED) is 0.170. The zero-order valence-electron chi connectivity index (χ0n) is 31.7. The van der Waals surface area contributed by atoms with Gasteiger partial charge in [-0.2, -0.15) is 0 Å². The maximum atomic E-state index is 6.76. The van der Waals surface area contributed by atoms with Gasteiger partial charge in [0.25, 0.3) is 0 Å². The van der Waals surface area contributed by atoms with E-state index in [1.807, 2.05) is 72.8 Å². The highest BCUT2D eigenvalue weighted by atomic mass is 16.3. The van der Waals surface area contributed by atoms with E-state index in [-0.39, 0.29) is 0 Å². The minimum absolute atomic E-state index is 0.562. The van der Waals surface area contributed by atoms with Crippen LogP contribution in [-0.2, 0) is 0 Å². The summed E-state index contributed by atoms with van der Waals surface area (Å²) >= 11 is 0. The van der Waals surface area contributed by atoms with Gasteiger partial charge < -0.3 is 8.98 Å². The first kappa shape index (κ1) is 33.1. The summed E-state index contributed by atoms with van der Waals surface area (Å²) in [6.07, 6.45) is 0. The minimum atomic E-state index is 0.562. The number of aromatic nitrogens is 5. The summed E-state index contributed by atoms with van der Waals surface area (Å²) < 4.78 is 11.4. The maximum Gasteiger partial charge on any atom is 0.235 e. The van der Waals surface area contributed by atoms with Crippen LogP contribution in [0, 0.1) is 0 Å². The van der Waals surface area contributed by atoms with Crippen molar-refractivity contribution in [2.45, 2.75) is 0 Å². The van der Waals surface area contributed by atoms with Crippen molar-refractivity contribution in [1.29, 1.82) is 0 Å². The molecule has 276 valence electrons. The molecule has 4 aromatic heterocycles. The summed E-state index contributed by atoms with van der Waals surface area (Å²) in [5.41, 5.74) is 13.6. The zero-order valence-corrected chi connectivity index (χ0v) is 31.7. The third kappa shape index (κ3) is 5.31. The molecule has 12 aromatic rings. The van der Waals surface area contributed by atoms with Gasteiger partial charge in [0.1, 0.15) is 5.52 Å². The Morgan fingerprint density at radius 2 is 0.949 bits per heavy atom. The Morgan fingerprint density at radius 1 is 0.373 bits per heavy atom. The molecule has 0 saturated carbocycles. The first-order valence-electron chi connectivity index (χ1n) is 19.8. The molecule has 0 aliphatic rings. The van der Waals surface area contributed by atoms with Crippen molar-refractivity contribution in [3.63, 3.8) is 0 Å². The molecule has 4 heterocycles. The van der Waals surface area contributed by atoms with Crippen molar-refractivity contribution >= 4 is 54.7 Å². The van der Waals surface area contributed by atoms with Gasteiger partial charge in [-0.15, -0.1) is 0 Å². The van der Waals surface area contributed by atoms with Crippen LogP contribution in [0.1, 0.15) is 0 Å². The van der Waals surface area contributed by atoms with Crippen LogP contribution < -0.4 is 0 Å². The number of hydrogen-bond donors (Lipinski definition) is 0. The number of nitrogens with zero attached hydrogens (tertiary/aromatic N) is 5. The summed E-state index contributed by atoms with van der Waals surface area (Å²) in [4.78, 5) is 15.8. The number of benzene rings is 8. The Hall–Kier alpha value is -8.09. The number of fused-ring (bicyclic) bond motifs is 8. The predicted molar refractivity (Wildman–Crippen MR) is 240 cm³/mol. The second-order valence-corrected chi connectivity index (χ2v) is 14.8. The van der Waals surface area contributed by atoms with E-state index < -0.39 is 0 Å². The van der Waals surface area contributed by atoms with Gasteiger partial charge in [-0.3, -0.25) is 4.57 Å². The molecular formula is C53H33N5O. The lowest BCUT2D eigenvalue weighted by Gasteiger charge is -2.15. The van der Waals surface area contributed by atoms with E-state index in [0.29, 0.717) is 11.8 Å². The SMILES string of the molecule is c1ccc(-c2ccc3c(c2)c2ccccc2n3-c2cccc3c4c5oc(-c6ccccc6)nc5ccc4n(-c4nc(-c5ccccc5)cc(-c5ccccc5)n4)c23)cc1. The van der Waals surface area contributed by atoms with Crippen LogP contribution in [0.15, 0.2) is 205 Å². The van der Waals surface area contributed by atoms with Gasteiger partial charge in [0.05, 0.1) is 44.5 Å². The average Bonchev–Trinajstić information content (AvgIpc) is 4.00. The molecule has 0 bridgehead atoms. The molecule has 0 aliphatic carbocycles. The molecule has 6 heteroatoms. The Balaban J connectivity index is 1.21. The van der Waals surface area contributed by atoms with E-state index in [1.54, 1.807) is 0 Å². The summed E-state index contributed by atoms with van der Waals surface area (Å²) in [5, 5.41) is 4.33. The van der Waals surface area contributed by atoms with Crippen molar-refractivity contribution in [3.05, 3.63) is 200 Å². The van der Waals surface area contributed by atoms with Gasteiger partial charge >= 0.3 is 0 Å². The monoisotopic (exact) mass is 755 g/mol. The Morgan fingerprint density at radius 3 is 1.64 bits per heavy atom. The van der Waals surface area contributed by atoms with Gasteiger partial charge in [-0.25, -0.2) is 15.0 Å². The summed E-state index contributed by atoms with van der Waals surface area (Å²) in [6.45, 7) is 0. The second kappa shape index (κ2) is 13.3. The minimum Gasteiger partial charge on any atom is -0.435 e. The predicted octanol–water partition coefficient (Wildman–Crippen LogP) is 13.5. The molecule has 59 heavy (non-hydrogen) atoms. The molecule has 0 saturated heterocycles. The fraction of sp³-hybridized carbons (Fsp3) is 0. The van der Waals surface area contributed by atoms with Gasteiger partial charge in [0.2, 0.25) is 11.8 Å². The van der Waals surface area contributed by atoms with Gasteiger partial charge in [-0.1, -0.05) is 146 Å². The molecule has 12 rings (SSSR count). The number of hydrogen-bond acceptors (Lipinski definition) is 4. The lowest BCUT2D eigenvalue weighted by Crippen LogP contribution is -2.06. The molecule has 0 unspecified atom stereocenters. The van der Waals surface area contributed by atoms with E-state index in [1.165, 1.54) is 21.9 Å². The van der Waals surface area contributed by atoms with E-state index in [4.69, 9.17) is 19.4 Å². The second-order valence-electron chi connectivity index (χ2n) is 14.8. The van der Waals surface area contributed by atoms with E-state index in [0.717, 1.165) is 77.7 Å². The Kier molecular flexibility index (Phi) is 7.43.